The molecule has 1 aromatic heterocycles. The van der Waals surface area contributed by atoms with Gasteiger partial charge in [-0.05, 0) is 44.0 Å². The van der Waals surface area contributed by atoms with Gasteiger partial charge in [0.1, 0.15) is 5.84 Å². The van der Waals surface area contributed by atoms with Gasteiger partial charge in [-0.3, -0.25) is 4.79 Å². The number of para-hydroxylation sites is 1. The van der Waals surface area contributed by atoms with Crippen molar-refractivity contribution in [1.82, 2.24) is 9.88 Å². The van der Waals surface area contributed by atoms with Crippen LogP contribution in [0.5, 0.6) is 0 Å². The van der Waals surface area contributed by atoms with Gasteiger partial charge in [0.2, 0.25) is 0 Å². The number of H-pyrrole nitrogens is 1. The Morgan fingerprint density at radius 2 is 1.90 bits per heavy atom. The number of amidine groups is 1. The van der Waals surface area contributed by atoms with Crippen LogP contribution in [0.15, 0.2) is 57.8 Å². The number of nitrogens with zero attached hydrogens (tertiary/aromatic N) is 2. The number of sulfonamides is 1. The van der Waals surface area contributed by atoms with Gasteiger partial charge in [0.05, 0.1) is 10.5 Å². The summed E-state index contributed by atoms with van der Waals surface area (Å²) in [6.45, 7) is 2.64. The molecule has 4 rings (SSSR count). The average Bonchev–Trinajstić information content (AvgIpc) is 2.95. The Balaban J connectivity index is 1.61. The fraction of sp³-hybridized carbons (Fsp3) is 0.304. The molecule has 7 nitrogen and oxygen atoms in total. The van der Waals surface area contributed by atoms with Gasteiger partial charge in [0.25, 0.3) is 15.9 Å². The summed E-state index contributed by atoms with van der Waals surface area (Å²) in [4.78, 5) is 18.1. The molecule has 0 atom stereocenters. The lowest BCUT2D eigenvalue weighted by Crippen LogP contribution is -2.26. The molecule has 8 heteroatoms. The van der Waals surface area contributed by atoms with Crippen LogP contribution >= 0.6 is 0 Å². The summed E-state index contributed by atoms with van der Waals surface area (Å²) < 4.78 is 29.9. The minimum atomic E-state index is -3.88. The first-order chi connectivity index (χ1) is 14.8. The third-order valence-corrected chi connectivity index (χ3v) is 6.87. The zero-order valence-corrected chi connectivity index (χ0v) is 18.5. The summed E-state index contributed by atoms with van der Waals surface area (Å²) in [7, 11) is -2.00. The zero-order chi connectivity index (χ0) is 22.0. The molecule has 2 N–H and O–H groups in total. The highest BCUT2D eigenvalue weighted by atomic mass is 32.2. The highest BCUT2D eigenvalue weighted by molar-refractivity contribution is 7.90. The zero-order valence-electron chi connectivity index (χ0n) is 17.7. The number of hydrogen-bond acceptors (Lipinski definition) is 3. The Kier molecular flexibility index (Phi) is 5.82. The van der Waals surface area contributed by atoms with Crippen molar-refractivity contribution < 1.29 is 13.2 Å². The smallest absolute Gasteiger partial charge is 0.284 e. The lowest BCUT2D eigenvalue weighted by Gasteiger charge is -2.17. The number of likely N-dealkylation sites (tertiary alicyclic amines) is 1. The van der Waals surface area contributed by atoms with Gasteiger partial charge >= 0.3 is 0 Å². The van der Waals surface area contributed by atoms with E-state index in [0.717, 1.165) is 42.4 Å². The van der Waals surface area contributed by atoms with Crippen molar-refractivity contribution >= 4 is 38.4 Å². The average molecular weight is 439 g/mol. The molecule has 0 saturated carbocycles. The number of carbonyl (C=O) groups is 1. The van der Waals surface area contributed by atoms with E-state index in [1.54, 1.807) is 12.1 Å². The molecule has 1 saturated heterocycles. The van der Waals surface area contributed by atoms with Crippen LogP contribution in [0, 0.1) is 6.92 Å². The topological polar surface area (TPSA) is 94.6 Å². The summed E-state index contributed by atoms with van der Waals surface area (Å²) >= 11 is 0. The quantitative estimate of drug-likeness (QED) is 0.634. The van der Waals surface area contributed by atoms with Gasteiger partial charge in [0.15, 0.2) is 0 Å². The number of aryl methyl sites for hydroxylation is 1. The summed E-state index contributed by atoms with van der Waals surface area (Å²) in [5.74, 6) is 0.292. The first kappa shape index (κ1) is 21.1. The van der Waals surface area contributed by atoms with Crippen LogP contribution in [0.25, 0.3) is 10.9 Å². The Morgan fingerprint density at radius 1 is 1.10 bits per heavy atom. The number of carbonyl (C=O) groups excluding carboxylic acids is 1. The van der Waals surface area contributed by atoms with Crippen molar-refractivity contribution in [3.63, 3.8) is 0 Å². The van der Waals surface area contributed by atoms with Crippen LogP contribution in [0.1, 0.15) is 41.7 Å². The number of hydrogen-bond donors (Lipinski definition) is 2. The van der Waals surface area contributed by atoms with E-state index in [1.165, 1.54) is 12.1 Å². The second-order valence-electron chi connectivity index (χ2n) is 7.87. The van der Waals surface area contributed by atoms with Crippen LogP contribution in [0.4, 0.5) is 5.69 Å². The molecule has 1 aliphatic rings. The highest BCUT2D eigenvalue weighted by Gasteiger charge is 2.20. The van der Waals surface area contributed by atoms with E-state index in [9.17, 15) is 13.2 Å². The van der Waals surface area contributed by atoms with Gasteiger partial charge in [-0.1, -0.05) is 30.7 Å². The number of aromatic nitrogens is 1. The minimum Gasteiger partial charge on any atom is -0.362 e. The number of amides is 1. The van der Waals surface area contributed by atoms with E-state index in [2.05, 4.69) is 14.7 Å². The largest absolute Gasteiger partial charge is 0.362 e. The van der Waals surface area contributed by atoms with Crippen molar-refractivity contribution in [1.29, 1.82) is 0 Å². The van der Waals surface area contributed by atoms with Crippen LogP contribution in [-0.2, 0) is 10.0 Å². The Morgan fingerprint density at radius 3 is 2.74 bits per heavy atom. The fourth-order valence-electron chi connectivity index (χ4n) is 3.93. The van der Waals surface area contributed by atoms with E-state index in [1.807, 2.05) is 43.1 Å². The number of anilines is 1. The molecule has 0 spiro atoms. The van der Waals surface area contributed by atoms with Gasteiger partial charge in [-0.25, -0.2) is 0 Å². The maximum Gasteiger partial charge on any atom is 0.284 e. The van der Waals surface area contributed by atoms with Crippen LogP contribution < -0.4 is 5.32 Å². The lowest BCUT2D eigenvalue weighted by atomic mass is 10.1. The highest BCUT2D eigenvalue weighted by Crippen LogP contribution is 2.24. The van der Waals surface area contributed by atoms with E-state index in [4.69, 9.17) is 0 Å². The van der Waals surface area contributed by atoms with E-state index >= 15 is 0 Å². The van der Waals surface area contributed by atoms with Gasteiger partial charge in [-0.2, -0.15) is 8.42 Å². The minimum absolute atomic E-state index is 0.0612. The molecule has 1 amide bonds. The second kappa shape index (κ2) is 8.55. The molecule has 0 unspecified atom stereocenters. The van der Waals surface area contributed by atoms with Crippen molar-refractivity contribution in [3.05, 3.63) is 59.8 Å². The van der Waals surface area contributed by atoms with Gasteiger partial charge in [-0.15, -0.1) is 4.40 Å². The first-order valence-electron chi connectivity index (χ1n) is 10.4. The van der Waals surface area contributed by atoms with Gasteiger partial charge in [0, 0.05) is 42.3 Å². The molecule has 162 valence electrons. The molecule has 1 fully saturated rings. The Hall–Kier alpha value is -3.13. The molecule has 3 aromatic rings. The van der Waals surface area contributed by atoms with Crippen molar-refractivity contribution in [2.75, 3.05) is 18.9 Å². The fourth-order valence-corrected chi connectivity index (χ4v) is 5.07. The number of aromatic amines is 1. The number of nitrogens with one attached hydrogen (secondary N) is 2. The lowest BCUT2D eigenvalue weighted by molar-refractivity contribution is 0.102. The van der Waals surface area contributed by atoms with E-state index < -0.39 is 10.0 Å². The normalized spacial score (nSPS) is 16.5. The van der Waals surface area contributed by atoms with Crippen LogP contribution in [0.2, 0.25) is 0 Å². The summed E-state index contributed by atoms with van der Waals surface area (Å²) in [5.41, 5.74) is 2.59. The molecule has 2 aromatic carbocycles. The van der Waals surface area contributed by atoms with Crippen molar-refractivity contribution in [2.24, 2.45) is 4.40 Å². The Bertz CT molecular complexity index is 1260. The third kappa shape index (κ3) is 4.49. The summed E-state index contributed by atoms with van der Waals surface area (Å²) in [6.07, 6.45) is 3.67. The van der Waals surface area contributed by atoms with Gasteiger partial charge < -0.3 is 15.2 Å². The van der Waals surface area contributed by atoms with E-state index in [-0.39, 0.29) is 10.8 Å². The predicted molar refractivity (Wildman–Crippen MR) is 123 cm³/mol. The number of rotatable bonds is 4. The molecule has 31 heavy (non-hydrogen) atoms. The maximum atomic E-state index is 13.0. The molecule has 0 radical (unpaired) electrons. The third-order valence-electron chi connectivity index (χ3n) is 5.57. The predicted octanol–water partition coefficient (Wildman–Crippen LogP) is 4.32. The van der Waals surface area contributed by atoms with Crippen LogP contribution in [-0.4, -0.2) is 43.6 Å². The molecule has 2 heterocycles. The van der Waals surface area contributed by atoms with Crippen molar-refractivity contribution in [2.45, 2.75) is 37.5 Å². The molecular weight excluding hydrogens is 412 g/mol. The SMILES string of the molecule is Cc1[nH]c2ccccc2c1C(=O)Nc1cccc(S(=O)(=O)/N=C2/CCCCCN2C)c1. The molecular formula is C23H26N4O3S. The summed E-state index contributed by atoms with van der Waals surface area (Å²) in [5, 5.41) is 3.65. The molecule has 1 aliphatic heterocycles. The van der Waals surface area contributed by atoms with Crippen molar-refractivity contribution in [3.8, 4) is 0 Å². The summed E-state index contributed by atoms with van der Waals surface area (Å²) in [6, 6.07) is 13.8. The molecule has 0 aliphatic carbocycles. The van der Waals surface area contributed by atoms with Crippen LogP contribution in [0.3, 0.4) is 0 Å². The first-order valence-corrected chi connectivity index (χ1v) is 11.8. The number of fused-ring (bicyclic) bond motifs is 1. The number of benzene rings is 2. The Labute approximate surface area is 182 Å². The second-order valence-corrected chi connectivity index (χ2v) is 9.47. The standard InChI is InChI=1S/C23H26N4O3S/c1-16-22(19-11-5-6-12-20(19)24-16)23(28)25-17-9-8-10-18(15-17)31(29,30)26-21-13-4-3-7-14-27(21)2/h5-6,8-12,15,24H,3-4,7,13-14H2,1-2H3,(H,25,28)/b26-21-. The maximum absolute atomic E-state index is 13.0. The van der Waals surface area contributed by atoms with E-state index in [0.29, 0.717) is 23.5 Å². The molecule has 0 bridgehead atoms. The monoisotopic (exact) mass is 438 g/mol.